The van der Waals surface area contributed by atoms with Gasteiger partial charge in [-0.2, -0.15) is 0 Å². The molecule has 0 atom stereocenters. The lowest BCUT2D eigenvalue weighted by Gasteiger charge is -2.12. The molecule has 0 spiro atoms. The first kappa shape index (κ1) is 14.1. The molecule has 2 aromatic rings. The molecule has 3 heteroatoms. The monoisotopic (exact) mass is 268 g/mol. The fraction of sp³-hybridized carbons (Fsp3) is 0.235. The summed E-state index contributed by atoms with van der Waals surface area (Å²) in [5.41, 5.74) is 12.1. The van der Waals surface area contributed by atoms with E-state index in [9.17, 15) is 4.79 Å². The molecule has 0 fully saturated rings. The van der Waals surface area contributed by atoms with Crippen molar-refractivity contribution in [3.05, 3.63) is 53.1 Å². The molecular formula is C17H20N2O. The SMILES string of the molecule is CCc1cc(-c2ccc(C(=O)NC)cc2)c(C)cc1N. The lowest BCUT2D eigenvalue weighted by molar-refractivity contribution is 0.0963. The molecule has 3 nitrogen and oxygen atoms in total. The first-order valence-corrected chi connectivity index (χ1v) is 6.78. The Balaban J connectivity index is 2.44. The molecule has 104 valence electrons. The van der Waals surface area contributed by atoms with Crippen molar-refractivity contribution in [2.24, 2.45) is 0 Å². The van der Waals surface area contributed by atoms with Crippen molar-refractivity contribution in [2.75, 3.05) is 12.8 Å². The minimum absolute atomic E-state index is 0.0696. The highest BCUT2D eigenvalue weighted by molar-refractivity contribution is 5.94. The van der Waals surface area contributed by atoms with Crippen molar-refractivity contribution >= 4 is 11.6 Å². The lowest BCUT2D eigenvalue weighted by Crippen LogP contribution is -2.17. The Morgan fingerprint density at radius 1 is 1.20 bits per heavy atom. The molecule has 20 heavy (non-hydrogen) atoms. The maximum absolute atomic E-state index is 11.5. The summed E-state index contributed by atoms with van der Waals surface area (Å²) in [6.07, 6.45) is 0.912. The molecule has 2 rings (SSSR count). The van der Waals surface area contributed by atoms with E-state index in [1.165, 1.54) is 5.56 Å². The predicted octanol–water partition coefficient (Wildman–Crippen LogP) is 3.17. The number of nitrogens with one attached hydrogen (secondary N) is 1. The molecule has 0 aliphatic heterocycles. The highest BCUT2D eigenvalue weighted by Gasteiger charge is 2.08. The third kappa shape index (κ3) is 2.67. The highest BCUT2D eigenvalue weighted by atomic mass is 16.1. The quantitative estimate of drug-likeness (QED) is 0.840. The second kappa shape index (κ2) is 5.78. The molecule has 0 aliphatic rings. The van der Waals surface area contributed by atoms with Gasteiger partial charge in [-0.3, -0.25) is 4.79 Å². The molecule has 1 amide bonds. The summed E-state index contributed by atoms with van der Waals surface area (Å²) in [4.78, 5) is 11.5. The van der Waals surface area contributed by atoms with E-state index in [0.29, 0.717) is 5.56 Å². The first-order chi connectivity index (χ1) is 9.56. The zero-order valence-electron chi connectivity index (χ0n) is 12.2. The average Bonchev–Trinajstić information content (AvgIpc) is 2.47. The van der Waals surface area contributed by atoms with Crippen LogP contribution in [0, 0.1) is 6.92 Å². The Morgan fingerprint density at radius 3 is 2.40 bits per heavy atom. The number of anilines is 1. The third-order valence-electron chi connectivity index (χ3n) is 3.55. The maximum Gasteiger partial charge on any atom is 0.251 e. The number of aryl methyl sites for hydroxylation is 2. The summed E-state index contributed by atoms with van der Waals surface area (Å²) in [6.45, 7) is 4.15. The number of nitrogen functional groups attached to an aromatic ring is 1. The number of carbonyl (C=O) groups is 1. The number of rotatable bonds is 3. The van der Waals surface area contributed by atoms with Crippen LogP contribution >= 0.6 is 0 Å². The van der Waals surface area contributed by atoms with Crippen molar-refractivity contribution in [1.29, 1.82) is 0 Å². The summed E-state index contributed by atoms with van der Waals surface area (Å²) in [7, 11) is 1.63. The van der Waals surface area contributed by atoms with E-state index < -0.39 is 0 Å². The Kier molecular flexibility index (Phi) is 4.08. The van der Waals surface area contributed by atoms with Gasteiger partial charge in [-0.25, -0.2) is 0 Å². The van der Waals surface area contributed by atoms with Gasteiger partial charge in [-0.15, -0.1) is 0 Å². The number of nitrogens with two attached hydrogens (primary N) is 1. The van der Waals surface area contributed by atoms with Gasteiger partial charge in [0.15, 0.2) is 0 Å². The van der Waals surface area contributed by atoms with Gasteiger partial charge >= 0.3 is 0 Å². The number of amides is 1. The van der Waals surface area contributed by atoms with Crippen LogP contribution in [0.15, 0.2) is 36.4 Å². The number of hydrogen-bond donors (Lipinski definition) is 2. The fourth-order valence-electron chi connectivity index (χ4n) is 2.34. The summed E-state index contributed by atoms with van der Waals surface area (Å²) >= 11 is 0. The van der Waals surface area contributed by atoms with E-state index in [4.69, 9.17) is 5.73 Å². The van der Waals surface area contributed by atoms with Crippen LogP contribution < -0.4 is 11.1 Å². The van der Waals surface area contributed by atoms with Crippen molar-refractivity contribution in [3.63, 3.8) is 0 Å². The molecule has 2 aromatic carbocycles. The van der Waals surface area contributed by atoms with E-state index in [-0.39, 0.29) is 5.91 Å². The second-order valence-electron chi connectivity index (χ2n) is 4.88. The van der Waals surface area contributed by atoms with Gasteiger partial charge in [0.25, 0.3) is 5.91 Å². The topological polar surface area (TPSA) is 55.1 Å². The summed E-state index contributed by atoms with van der Waals surface area (Å²) < 4.78 is 0. The fourth-order valence-corrected chi connectivity index (χ4v) is 2.34. The van der Waals surface area contributed by atoms with E-state index in [1.54, 1.807) is 7.05 Å². The Morgan fingerprint density at radius 2 is 1.85 bits per heavy atom. The van der Waals surface area contributed by atoms with Crippen molar-refractivity contribution in [3.8, 4) is 11.1 Å². The van der Waals surface area contributed by atoms with Crippen molar-refractivity contribution < 1.29 is 4.79 Å². The normalized spacial score (nSPS) is 10.3. The minimum Gasteiger partial charge on any atom is -0.398 e. The smallest absolute Gasteiger partial charge is 0.251 e. The minimum atomic E-state index is -0.0696. The number of carbonyl (C=O) groups excluding carboxylic acids is 1. The maximum atomic E-state index is 11.5. The van der Waals surface area contributed by atoms with Crippen LogP contribution in [-0.2, 0) is 6.42 Å². The lowest BCUT2D eigenvalue weighted by atomic mass is 9.95. The molecule has 0 saturated carbocycles. The van der Waals surface area contributed by atoms with Gasteiger partial charge in [-0.1, -0.05) is 19.1 Å². The average molecular weight is 268 g/mol. The second-order valence-corrected chi connectivity index (χ2v) is 4.88. The van der Waals surface area contributed by atoms with Gasteiger partial charge in [-0.05, 0) is 59.9 Å². The molecular weight excluding hydrogens is 248 g/mol. The molecule has 0 unspecified atom stereocenters. The third-order valence-corrected chi connectivity index (χ3v) is 3.55. The predicted molar refractivity (Wildman–Crippen MR) is 83.8 cm³/mol. The van der Waals surface area contributed by atoms with Gasteiger partial charge in [0.05, 0.1) is 0 Å². The highest BCUT2D eigenvalue weighted by Crippen LogP contribution is 2.28. The van der Waals surface area contributed by atoms with Gasteiger partial charge in [0.2, 0.25) is 0 Å². The van der Waals surface area contributed by atoms with E-state index in [1.807, 2.05) is 30.3 Å². The zero-order chi connectivity index (χ0) is 14.7. The van der Waals surface area contributed by atoms with Crippen LogP contribution in [0.1, 0.15) is 28.4 Å². The van der Waals surface area contributed by atoms with Crippen LogP contribution in [0.2, 0.25) is 0 Å². The van der Waals surface area contributed by atoms with Crippen molar-refractivity contribution in [1.82, 2.24) is 5.32 Å². The van der Waals surface area contributed by atoms with E-state index >= 15 is 0 Å². The summed E-state index contributed by atoms with van der Waals surface area (Å²) in [6, 6.07) is 11.8. The van der Waals surface area contributed by atoms with Crippen LogP contribution in [0.5, 0.6) is 0 Å². The van der Waals surface area contributed by atoms with Gasteiger partial charge < -0.3 is 11.1 Å². The first-order valence-electron chi connectivity index (χ1n) is 6.78. The van der Waals surface area contributed by atoms with Crippen LogP contribution in [0.25, 0.3) is 11.1 Å². The van der Waals surface area contributed by atoms with Gasteiger partial charge in [0, 0.05) is 18.3 Å². The molecule has 0 heterocycles. The Bertz CT molecular complexity index is 630. The largest absolute Gasteiger partial charge is 0.398 e. The van der Waals surface area contributed by atoms with Crippen LogP contribution in [0.3, 0.4) is 0 Å². The summed E-state index contributed by atoms with van der Waals surface area (Å²) in [5.74, 6) is -0.0696. The van der Waals surface area contributed by atoms with Crippen LogP contribution in [0.4, 0.5) is 5.69 Å². The van der Waals surface area contributed by atoms with Gasteiger partial charge in [0.1, 0.15) is 0 Å². The summed E-state index contributed by atoms with van der Waals surface area (Å²) in [5, 5.41) is 2.62. The molecule has 0 aromatic heterocycles. The molecule has 0 aliphatic carbocycles. The number of benzene rings is 2. The molecule has 3 N–H and O–H groups in total. The van der Waals surface area contributed by atoms with Crippen LogP contribution in [-0.4, -0.2) is 13.0 Å². The standard InChI is InChI=1S/C17H20N2O/c1-4-12-10-15(11(2)9-16(12)18)13-5-7-14(8-6-13)17(20)19-3/h5-10H,4,18H2,1-3H3,(H,19,20). The van der Waals surface area contributed by atoms with E-state index in [0.717, 1.165) is 28.8 Å². The molecule has 0 saturated heterocycles. The Labute approximate surface area is 119 Å². The molecule has 0 radical (unpaired) electrons. The zero-order valence-corrected chi connectivity index (χ0v) is 12.2. The number of hydrogen-bond acceptors (Lipinski definition) is 2. The van der Waals surface area contributed by atoms with E-state index in [2.05, 4.69) is 25.2 Å². The molecule has 0 bridgehead atoms. The van der Waals surface area contributed by atoms with Crippen molar-refractivity contribution in [2.45, 2.75) is 20.3 Å². The Hall–Kier alpha value is -2.29.